The number of nitrogens with two attached hydrogens (primary N) is 1. The van der Waals surface area contributed by atoms with Crippen molar-refractivity contribution in [3.05, 3.63) is 24.0 Å². The van der Waals surface area contributed by atoms with Crippen molar-refractivity contribution < 1.29 is 9.53 Å². The van der Waals surface area contributed by atoms with E-state index in [1.54, 1.807) is 23.2 Å². The van der Waals surface area contributed by atoms with Crippen LogP contribution in [-0.4, -0.2) is 41.6 Å². The van der Waals surface area contributed by atoms with Crippen molar-refractivity contribution >= 4 is 11.6 Å². The first-order chi connectivity index (χ1) is 9.22. The van der Waals surface area contributed by atoms with Crippen LogP contribution in [0, 0.1) is 0 Å². The lowest BCUT2D eigenvalue weighted by Gasteiger charge is -2.32. The van der Waals surface area contributed by atoms with Crippen LogP contribution in [0.4, 0.5) is 5.69 Å². The predicted molar refractivity (Wildman–Crippen MR) is 73.8 cm³/mol. The molecule has 1 saturated heterocycles. The number of aromatic nitrogens is 1. The number of piperidine rings is 1. The molecule has 1 fully saturated rings. The number of hydrogen-bond donors (Lipinski definition) is 1. The first-order valence-corrected chi connectivity index (χ1v) is 6.83. The fourth-order valence-corrected chi connectivity index (χ4v) is 2.29. The third kappa shape index (κ3) is 3.44. The Morgan fingerprint density at radius 2 is 2.47 bits per heavy atom. The van der Waals surface area contributed by atoms with Crippen molar-refractivity contribution in [2.45, 2.75) is 32.3 Å². The number of anilines is 1. The van der Waals surface area contributed by atoms with Gasteiger partial charge in [-0.1, -0.05) is 6.92 Å². The highest BCUT2D eigenvalue weighted by atomic mass is 16.5. The Hall–Kier alpha value is -1.62. The van der Waals surface area contributed by atoms with Gasteiger partial charge in [-0.25, -0.2) is 4.98 Å². The van der Waals surface area contributed by atoms with E-state index in [2.05, 4.69) is 11.9 Å². The number of rotatable bonds is 4. The van der Waals surface area contributed by atoms with Gasteiger partial charge in [-0.05, 0) is 31.4 Å². The highest BCUT2D eigenvalue weighted by Crippen LogP contribution is 2.17. The molecule has 0 saturated carbocycles. The molecule has 1 amide bonds. The summed E-state index contributed by atoms with van der Waals surface area (Å²) in [5.74, 6) is -0.0945. The molecule has 0 spiro atoms. The fraction of sp³-hybridized carbons (Fsp3) is 0.571. The van der Waals surface area contributed by atoms with E-state index >= 15 is 0 Å². The van der Waals surface area contributed by atoms with Gasteiger partial charge in [-0.2, -0.15) is 0 Å². The molecule has 2 N–H and O–H groups in total. The molecule has 0 aromatic carbocycles. The Morgan fingerprint density at radius 3 is 3.21 bits per heavy atom. The monoisotopic (exact) mass is 263 g/mol. The molecule has 1 atom stereocenters. The zero-order valence-corrected chi connectivity index (χ0v) is 11.3. The maximum Gasteiger partial charge on any atom is 0.274 e. The molecular weight excluding hydrogens is 242 g/mol. The summed E-state index contributed by atoms with van der Waals surface area (Å²) in [7, 11) is 0. The van der Waals surface area contributed by atoms with Crippen LogP contribution in [0.5, 0.6) is 0 Å². The summed E-state index contributed by atoms with van der Waals surface area (Å²) in [6.07, 6.45) is 4.72. The maximum atomic E-state index is 12.4. The van der Waals surface area contributed by atoms with E-state index in [0.717, 1.165) is 32.4 Å². The average molecular weight is 263 g/mol. The average Bonchev–Trinajstić information content (AvgIpc) is 2.45. The number of nitrogens with zero attached hydrogens (tertiary/aromatic N) is 2. The topological polar surface area (TPSA) is 68.5 Å². The predicted octanol–water partition coefficient (Wildman–Crippen LogP) is 1.70. The smallest absolute Gasteiger partial charge is 0.274 e. The summed E-state index contributed by atoms with van der Waals surface area (Å²) in [5, 5.41) is 0. The van der Waals surface area contributed by atoms with Crippen molar-refractivity contribution in [2.24, 2.45) is 0 Å². The van der Waals surface area contributed by atoms with E-state index in [-0.39, 0.29) is 12.0 Å². The van der Waals surface area contributed by atoms with Crippen LogP contribution in [-0.2, 0) is 4.74 Å². The molecule has 1 aromatic rings. The van der Waals surface area contributed by atoms with Gasteiger partial charge < -0.3 is 15.4 Å². The zero-order chi connectivity index (χ0) is 13.7. The number of hydrogen-bond acceptors (Lipinski definition) is 4. The third-order valence-corrected chi connectivity index (χ3v) is 3.26. The van der Waals surface area contributed by atoms with Crippen LogP contribution in [0.3, 0.4) is 0 Å². The number of amides is 1. The minimum atomic E-state index is -0.0945. The molecule has 19 heavy (non-hydrogen) atoms. The number of ether oxygens (including phenoxy) is 1. The largest absolute Gasteiger partial charge is 0.397 e. The summed E-state index contributed by atoms with van der Waals surface area (Å²) in [4.78, 5) is 18.2. The first-order valence-electron chi connectivity index (χ1n) is 6.83. The molecule has 2 rings (SSSR count). The van der Waals surface area contributed by atoms with Gasteiger partial charge in [-0.3, -0.25) is 4.79 Å². The summed E-state index contributed by atoms with van der Waals surface area (Å²) in [6.45, 7) is 4.22. The van der Waals surface area contributed by atoms with Gasteiger partial charge in [0.15, 0.2) is 5.69 Å². The quantitative estimate of drug-likeness (QED) is 0.897. The minimum Gasteiger partial charge on any atom is -0.397 e. The lowest BCUT2D eigenvalue weighted by Crippen LogP contribution is -2.43. The van der Waals surface area contributed by atoms with Crippen molar-refractivity contribution in [3.8, 4) is 0 Å². The number of likely N-dealkylation sites (tertiary alicyclic amines) is 1. The van der Waals surface area contributed by atoms with Crippen LogP contribution < -0.4 is 5.73 Å². The summed E-state index contributed by atoms with van der Waals surface area (Å²) >= 11 is 0. The van der Waals surface area contributed by atoms with Crippen LogP contribution >= 0.6 is 0 Å². The van der Waals surface area contributed by atoms with E-state index in [4.69, 9.17) is 10.5 Å². The lowest BCUT2D eigenvalue weighted by atomic mass is 10.1. The molecule has 5 heteroatoms. The van der Waals surface area contributed by atoms with Gasteiger partial charge in [-0.15, -0.1) is 0 Å². The number of pyridine rings is 1. The molecule has 0 radical (unpaired) electrons. The summed E-state index contributed by atoms with van der Waals surface area (Å²) in [5.41, 5.74) is 6.58. The molecule has 0 aliphatic carbocycles. The second-order valence-corrected chi connectivity index (χ2v) is 4.83. The summed E-state index contributed by atoms with van der Waals surface area (Å²) in [6, 6.07) is 3.44. The highest BCUT2D eigenvalue weighted by molar-refractivity contribution is 5.97. The standard InChI is InChI=1S/C14H21N3O2/c1-2-9-19-11-5-4-8-17(10-11)14(18)13-12(15)6-3-7-16-13/h3,6-7,11H,2,4-5,8-10,15H2,1H3. The molecule has 2 heterocycles. The highest BCUT2D eigenvalue weighted by Gasteiger charge is 2.26. The lowest BCUT2D eigenvalue weighted by molar-refractivity contribution is 0.00196. The Balaban J connectivity index is 2.01. The molecule has 104 valence electrons. The second kappa shape index (κ2) is 6.52. The first kappa shape index (κ1) is 13.8. The zero-order valence-electron chi connectivity index (χ0n) is 11.3. The van der Waals surface area contributed by atoms with E-state index < -0.39 is 0 Å². The summed E-state index contributed by atoms with van der Waals surface area (Å²) < 4.78 is 5.73. The Kier molecular flexibility index (Phi) is 4.74. The van der Waals surface area contributed by atoms with Crippen molar-refractivity contribution in [2.75, 3.05) is 25.4 Å². The second-order valence-electron chi connectivity index (χ2n) is 4.83. The number of carbonyl (C=O) groups excluding carboxylic acids is 1. The molecular formula is C14H21N3O2. The van der Waals surface area contributed by atoms with Crippen LogP contribution in [0.2, 0.25) is 0 Å². The van der Waals surface area contributed by atoms with Crippen LogP contribution in [0.1, 0.15) is 36.7 Å². The van der Waals surface area contributed by atoms with Crippen molar-refractivity contribution in [1.29, 1.82) is 0 Å². The number of carbonyl (C=O) groups is 1. The van der Waals surface area contributed by atoms with E-state index in [1.807, 2.05) is 0 Å². The fourth-order valence-electron chi connectivity index (χ4n) is 2.29. The molecule has 5 nitrogen and oxygen atoms in total. The van der Waals surface area contributed by atoms with Gasteiger partial charge in [0.25, 0.3) is 5.91 Å². The normalized spacial score (nSPS) is 19.4. The van der Waals surface area contributed by atoms with E-state index in [0.29, 0.717) is 17.9 Å². The van der Waals surface area contributed by atoms with Crippen LogP contribution in [0.15, 0.2) is 18.3 Å². The van der Waals surface area contributed by atoms with Crippen LogP contribution in [0.25, 0.3) is 0 Å². The van der Waals surface area contributed by atoms with Crippen molar-refractivity contribution in [1.82, 2.24) is 9.88 Å². The van der Waals surface area contributed by atoms with Gasteiger partial charge >= 0.3 is 0 Å². The SMILES string of the molecule is CCCOC1CCCN(C(=O)c2ncccc2N)C1. The Bertz CT molecular complexity index is 436. The molecule has 1 aliphatic rings. The Morgan fingerprint density at radius 1 is 1.63 bits per heavy atom. The van der Waals surface area contributed by atoms with Gasteiger partial charge in [0.1, 0.15) is 0 Å². The van der Waals surface area contributed by atoms with Crippen molar-refractivity contribution in [3.63, 3.8) is 0 Å². The van der Waals surface area contributed by atoms with Gasteiger partial charge in [0.05, 0.1) is 11.8 Å². The molecule has 1 unspecified atom stereocenters. The molecule has 1 aliphatic heterocycles. The van der Waals surface area contributed by atoms with Gasteiger partial charge in [0.2, 0.25) is 0 Å². The van der Waals surface area contributed by atoms with Gasteiger partial charge in [0, 0.05) is 25.9 Å². The minimum absolute atomic E-state index is 0.0945. The molecule has 0 bridgehead atoms. The maximum absolute atomic E-state index is 12.4. The van der Waals surface area contributed by atoms with E-state index in [9.17, 15) is 4.79 Å². The number of nitrogen functional groups attached to an aromatic ring is 1. The Labute approximate surface area is 113 Å². The molecule has 1 aromatic heterocycles. The third-order valence-electron chi connectivity index (χ3n) is 3.26. The van der Waals surface area contributed by atoms with E-state index in [1.165, 1.54) is 0 Å².